The van der Waals surface area contributed by atoms with E-state index in [-0.39, 0.29) is 12.5 Å². The Balaban J connectivity index is 2.07. The summed E-state index contributed by atoms with van der Waals surface area (Å²) < 4.78 is 10.1. The van der Waals surface area contributed by atoms with Crippen molar-refractivity contribution in [3.63, 3.8) is 0 Å². The molecular formula is C15H17ClN2O3. The van der Waals surface area contributed by atoms with E-state index in [4.69, 9.17) is 16.0 Å². The van der Waals surface area contributed by atoms with E-state index in [2.05, 4.69) is 9.72 Å². The summed E-state index contributed by atoms with van der Waals surface area (Å²) in [6, 6.07) is 7.32. The molecule has 0 amide bonds. The van der Waals surface area contributed by atoms with Crippen molar-refractivity contribution in [1.82, 2.24) is 9.88 Å². The van der Waals surface area contributed by atoms with E-state index in [0.717, 1.165) is 11.3 Å². The molecule has 0 saturated carbocycles. The van der Waals surface area contributed by atoms with Crippen LogP contribution in [0.2, 0.25) is 5.02 Å². The maximum Gasteiger partial charge on any atom is 0.319 e. The monoisotopic (exact) mass is 308 g/mol. The first kappa shape index (κ1) is 15.5. The Morgan fingerprint density at radius 3 is 2.95 bits per heavy atom. The summed E-state index contributed by atoms with van der Waals surface area (Å²) in [5.74, 6) is 0.247. The number of rotatable bonds is 6. The van der Waals surface area contributed by atoms with Crippen LogP contribution in [0.5, 0.6) is 0 Å². The first-order valence-corrected chi connectivity index (χ1v) is 6.99. The lowest BCUT2D eigenvalue weighted by Crippen LogP contribution is -2.30. The minimum absolute atomic E-state index is 0.229. The molecule has 0 aliphatic carbocycles. The number of esters is 1. The van der Waals surface area contributed by atoms with Gasteiger partial charge >= 0.3 is 5.97 Å². The van der Waals surface area contributed by atoms with Crippen molar-refractivity contribution in [2.75, 3.05) is 20.2 Å². The third-order valence-corrected chi connectivity index (χ3v) is 3.27. The number of methoxy groups -OCH3 is 1. The zero-order valence-corrected chi connectivity index (χ0v) is 12.8. The summed E-state index contributed by atoms with van der Waals surface area (Å²) >= 11 is 5.95. The van der Waals surface area contributed by atoms with Gasteiger partial charge in [-0.1, -0.05) is 24.6 Å². The van der Waals surface area contributed by atoms with E-state index >= 15 is 0 Å². The van der Waals surface area contributed by atoms with Crippen molar-refractivity contribution in [3.8, 4) is 11.5 Å². The molecule has 0 aliphatic rings. The van der Waals surface area contributed by atoms with Gasteiger partial charge in [0.25, 0.3) is 0 Å². The highest BCUT2D eigenvalue weighted by molar-refractivity contribution is 6.30. The van der Waals surface area contributed by atoms with Crippen LogP contribution in [0.1, 0.15) is 12.6 Å². The molecule has 5 nitrogen and oxygen atoms in total. The Hall–Kier alpha value is -1.85. The van der Waals surface area contributed by atoms with Gasteiger partial charge in [0.2, 0.25) is 5.89 Å². The number of halogens is 1. The summed E-state index contributed by atoms with van der Waals surface area (Å²) in [6.07, 6.45) is 1.59. The molecule has 112 valence electrons. The topological polar surface area (TPSA) is 55.6 Å². The molecule has 1 aromatic heterocycles. The molecular weight excluding hydrogens is 292 g/mol. The van der Waals surface area contributed by atoms with Crippen LogP contribution in [0.25, 0.3) is 11.5 Å². The lowest BCUT2D eigenvalue weighted by atomic mass is 10.2. The Kier molecular flexibility index (Phi) is 5.36. The first-order valence-electron chi connectivity index (χ1n) is 6.62. The quantitative estimate of drug-likeness (QED) is 0.768. The van der Waals surface area contributed by atoms with Crippen LogP contribution in [-0.4, -0.2) is 36.1 Å². The van der Waals surface area contributed by atoms with Gasteiger partial charge in [-0.3, -0.25) is 9.69 Å². The third-order valence-electron chi connectivity index (χ3n) is 3.04. The van der Waals surface area contributed by atoms with Gasteiger partial charge in [-0.2, -0.15) is 0 Å². The highest BCUT2D eigenvalue weighted by Gasteiger charge is 2.13. The minimum atomic E-state index is -0.268. The predicted molar refractivity (Wildman–Crippen MR) is 79.9 cm³/mol. The standard InChI is InChI=1S/C15H17ClN2O3/c1-3-18(9-14(19)20-2)8-13-10-21-15(17-13)11-5-4-6-12(16)7-11/h4-7,10H,3,8-9H2,1-2H3. The average molecular weight is 309 g/mol. The Morgan fingerprint density at radius 2 is 2.29 bits per heavy atom. The second kappa shape index (κ2) is 7.24. The van der Waals surface area contributed by atoms with Gasteiger partial charge < -0.3 is 9.15 Å². The van der Waals surface area contributed by atoms with E-state index < -0.39 is 0 Å². The van der Waals surface area contributed by atoms with Crippen LogP contribution in [0.3, 0.4) is 0 Å². The van der Waals surface area contributed by atoms with E-state index in [9.17, 15) is 4.79 Å². The molecule has 0 radical (unpaired) electrons. The molecule has 1 aromatic carbocycles. The first-order chi connectivity index (χ1) is 10.1. The number of ether oxygens (including phenoxy) is 1. The number of likely N-dealkylation sites (N-methyl/N-ethyl adjacent to an activating group) is 1. The number of nitrogens with zero attached hydrogens (tertiary/aromatic N) is 2. The Bertz CT molecular complexity index is 612. The van der Waals surface area contributed by atoms with Crippen molar-refractivity contribution in [2.45, 2.75) is 13.5 Å². The van der Waals surface area contributed by atoms with Crippen LogP contribution in [0.15, 0.2) is 34.9 Å². The summed E-state index contributed by atoms with van der Waals surface area (Å²) in [5.41, 5.74) is 1.58. The molecule has 0 atom stereocenters. The van der Waals surface area contributed by atoms with Gasteiger partial charge in [0, 0.05) is 17.1 Å². The normalized spacial score (nSPS) is 10.9. The number of hydrogen-bond donors (Lipinski definition) is 0. The van der Waals surface area contributed by atoms with Crippen LogP contribution in [0.4, 0.5) is 0 Å². The van der Waals surface area contributed by atoms with E-state index in [0.29, 0.717) is 24.0 Å². The molecule has 0 unspecified atom stereocenters. The van der Waals surface area contributed by atoms with Crippen molar-refractivity contribution < 1.29 is 13.9 Å². The lowest BCUT2D eigenvalue weighted by molar-refractivity contribution is -0.142. The number of aromatic nitrogens is 1. The molecule has 0 fully saturated rings. The molecule has 0 bridgehead atoms. The number of hydrogen-bond acceptors (Lipinski definition) is 5. The lowest BCUT2D eigenvalue weighted by Gasteiger charge is -2.16. The summed E-state index contributed by atoms with van der Waals surface area (Å²) in [7, 11) is 1.38. The number of benzene rings is 1. The molecule has 0 saturated heterocycles. The van der Waals surface area contributed by atoms with Crippen LogP contribution in [0, 0.1) is 0 Å². The van der Waals surface area contributed by atoms with Gasteiger partial charge in [0.05, 0.1) is 19.3 Å². The van der Waals surface area contributed by atoms with Gasteiger partial charge in [-0.15, -0.1) is 0 Å². The highest BCUT2D eigenvalue weighted by atomic mass is 35.5. The summed E-state index contributed by atoms with van der Waals surface area (Å²) in [6.45, 7) is 3.44. The van der Waals surface area contributed by atoms with Crippen LogP contribution >= 0.6 is 11.6 Å². The molecule has 0 N–H and O–H groups in total. The molecule has 1 heterocycles. The van der Waals surface area contributed by atoms with E-state index in [1.165, 1.54) is 7.11 Å². The molecule has 21 heavy (non-hydrogen) atoms. The van der Waals surface area contributed by atoms with Crippen molar-refractivity contribution in [3.05, 3.63) is 41.2 Å². The summed E-state index contributed by atoms with van der Waals surface area (Å²) in [4.78, 5) is 17.7. The summed E-state index contributed by atoms with van der Waals surface area (Å²) in [5, 5.41) is 0.633. The van der Waals surface area contributed by atoms with Crippen molar-refractivity contribution in [2.24, 2.45) is 0 Å². The predicted octanol–water partition coefficient (Wildman–Crippen LogP) is 2.99. The number of carbonyl (C=O) groups excluding carboxylic acids is 1. The molecule has 2 rings (SSSR count). The van der Waals surface area contributed by atoms with Crippen molar-refractivity contribution in [1.29, 1.82) is 0 Å². The smallest absolute Gasteiger partial charge is 0.319 e. The molecule has 2 aromatic rings. The van der Waals surface area contributed by atoms with E-state index in [1.54, 1.807) is 18.4 Å². The Morgan fingerprint density at radius 1 is 1.48 bits per heavy atom. The minimum Gasteiger partial charge on any atom is -0.468 e. The molecule has 0 aliphatic heterocycles. The largest absolute Gasteiger partial charge is 0.468 e. The van der Waals surface area contributed by atoms with Gasteiger partial charge in [0.1, 0.15) is 6.26 Å². The maximum atomic E-state index is 11.3. The fraction of sp³-hybridized carbons (Fsp3) is 0.333. The second-order valence-electron chi connectivity index (χ2n) is 4.53. The van der Waals surface area contributed by atoms with Gasteiger partial charge in [-0.05, 0) is 24.7 Å². The third kappa shape index (κ3) is 4.31. The van der Waals surface area contributed by atoms with E-state index in [1.807, 2.05) is 24.0 Å². The zero-order valence-electron chi connectivity index (χ0n) is 12.0. The fourth-order valence-electron chi connectivity index (χ4n) is 1.89. The van der Waals surface area contributed by atoms with Crippen molar-refractivity contribution >= 4 is 17.6 Å². The highest BCUT2D eigenvalue weighted by Crippen LogP contribution is 2.22. The van der Waals surface area contributed by atoms with Gasteiger partial charge in [0.15, 0.2) is 0 Å². The molecule has 0 spiro atoms. The number of carbonyl (C=O) groups is 1. The van der Waals surface area contributed by atoms with Crippen LogP contribution < -0.4 is 0 Å². The zero-order chi connectivity index (χ0) is 15.2. The van der Waals surface area contributed by atoms with Crippen LogP contribution in [-0.2, 0) is 16.1 Å². The number of oxazole rings is 1. The second-order valence-corrected chi connectivity index (χ2v) is 4.97. The average Bonchev–Trinajstić information content (AvgIpc) is 2.95. The maximum absolute atomic E-state index is 11.3. The fourth-order valence-corrected chi connectivity index (χ4v) is 2.08. The molecule has 6 heteroatoms. The van der Waals surface area contributed by atoms with Gasteiger partial charge in [-0.25, -0.2) is 4.98 Å². The Labute approximate surface area is 128 Å². The SMILES string of the molecule is CCN(CC(=O)OC)Cc1coc(-c2cccc(Cl)c2)n1.